The molecule has 1 aromatic heterocycles. The first-order valence-electron chi connectivity index (χ1n) is 6.94. The quantitative estimate of drug-likeness (QED) is 0.872. The van der Waals surface area contributed by atoms with Crippen LogP contribution in [0, 0.1) is 20.8 Å². The van der Waals surface area contributed by atoms with Crippen LogP contribution in [0.5, 0.6) is 0 Å². The third-order valence-corrected chi connectivity index (χ3v) is 4.87. The molecule has 4 heteroatoms. The summed E-state index contributed by atoms with van der Waals surface area (Å²) in [6, 6.07) is 4.18. The fraction of sp³-hybridized carbons (Fsp3) is 0.412. The van der Waals surface area contributed by atoms with Gasteiger partial charge in [-0.2, -0.15) is 0 Å². The number of aromatic carboxylic acids is 1. The Morgan fingerprint density at radius 1 is 1.14 bits per heavy atom. The van der Waals surface area contributed by atoms with Crippen LogP contribution in [-0.2, 0) is 5.41 Å². The summed E-state index contributed by atoms with van der Waals surface area (Å²) in [7, 11) is 0. The Bertz CT molecular complexity index is 685. The Hall–Kier alpha value is -1.68. The van der Waals surface area contributed by atoms with Crippen molar-refractivity contribution in [1.82, 2.24) is 4.98 Å². The zero-order valence-electron chi connectivity index (χ0n) is 13.4. The van der Waals surface area contributed by atoms with Crippen molar-refractivity contribution in [2.45, 2.75) is 47.0 Å². The molecule has 2 rings (SSSR count). The normalized spacial score (nSPS) is 11.7. The van der Waals surface area contributed by atoms with E-state index in [0.29, 0.717) is 0 Å². The third-order valence-electron chi connectivity index (χ3n) is 3.38. The van der Waals surface area contributed by atoms with Crippen LogP contribution in [0.4, 0.5) is 0 Å². The number of nitrogens with zero attached hydrogens (tertiary/aromatic N) is 1. The minimum Gasteiger partial charge on any atom is -0.476 e. The Balaban J connectivity index is 2.75. The van der Waals surface area contributed by atoms with E-state index in [4.69, 9.17) is 0 Å². The van der Waals surface area contributed by atoms with Gasteiger partial charge in [-0.25, -0.2) is 9.78 Å². The molecule has 2 aromatic rings. The van der Waals surface area contributed by atoms with E-state index in [9.17, 15) is 9.90 Å². The van der Waals surface area contributed by atoms with E-state index in [2.05, 4.69) is 44.8 Å². The first-order valence-corrected chi connectivity index (χ1v) is 7.75. The molecule has 0 radical (unpaired) electrons. The Morgan fingerprint density at radius 3 is 2.10 bits per heavy atom. The van der Waals surface area contributed by atoms with Crippen LogP contribution in [0.1, 0.15) is 53.0 Å². The van der Waals surface area contributed by atoms with Crippen LogP contribution in [0.15, 0.2) is 12.1 Å². The van der Waals surface area contributed by atoms with Gasteiger partial charge in [-0.1, -0.05) is 38.5 Å². The predicted molar refractivity (Wildman–Crippen MR) is 87.4 cm³/mol. The predicted octanol–water partition coefficient (Wildman–Crippen LogP) is 4.73. The summed E-state index contributed by atoms with van der Waals surface area (Å²) in [5, 5.41) is 10.3. The molecular weight excluding hydrogens is 282 g/mol. The maximum atomic E-state index is 11.6. The van der Waals surface area contributed by atoms with Crippen LogP contribution in [0.25, 0.3) is 10.4 Å². The zero-order chi connectivity index (χ0) is 15.9. The molecule has 1 aromatic carbocycles. The molecule has 0 spiro atoms. The van der Waals surface area contributed by atoms with E-state index in [1.807, 2.05) is 13.8 Å². The van der Waals surface area contributed by atoms with Gasteiger partial charge in [0.15, 0.2) is 5.69 Å². The number of carbonyl (C=O) groups is 1. The Morgan fingerprint density at radius 2 is 1.67 bits per heavy atom. The molecule has 0 aliphatic carbocycles. The summed E-state index contributed by atoms with van der Waals surface area (Å²) in [6.07, 6.45) is 0. The molecule has 0 saturated heterocycles. The zero-order valence-corrected chi connectivity index (χ0v) is 14.2. The van der Waals surface area contributed by atoms with E-state index in [-0.39, 0.29) is 11.1 Å². The molecule has 112 valence electrons. The number of benzene rings is 1. The molecule has 21 heavy (non-hydrogen) atoms. The lowest BCUT2D eigenvalue weighted by molar-refractivity contribution is 0.0692. The Labute approximate surface area is 129 Å². The molecule has 3 nitrogen and oxygen atoms in total. The fourth-order valence-electron chi connectivity index (χ4n) is 2.49. The number of aromatic nitrogens is 1. The van der Waals surface area contributed by atoms with Crippen LogP contribution in [0.3, 0.4) is 0 Å². The lowest BCUT2D eigenvalue weighted by atomic mass is 9.97. The second-order valence-corrected chi connectivity index (χ2v) is 7.52. The van der Waals surface area contributed by atoms with Gasteiger partial charge in [-0.3, -0.25) is 0 Å². The lowest BCUT2D eigenvalue weighted by Gasteiger charge is -2.13. The van der Waals surface area contributed by atoms with Crippen molar-refractivity contribution in [3.05, 3.63) is 39.5 Å². The van der Waals surface area contributed by atoms with Crippen LogP contribution in [-0.4, -0.2) is 16.1 Å². The van der Waals surface area contributed by atoms with Crippen molar-refractivity contribution in [1.29, 1.82) is 0 Å². The van der Waals surface area contributed by atoms with Gasteiger partial charge >= 0.3 is 5.97 Å². The second-order valence-electron chi connectivity index (χ2n) is 6.53. The molecular formula is C17H21NO2S. The van der Waals surface area contributed by atoms with E-state index >= 15 is 0 Å². The van der Waals surface area contributed by atoms with Crippen molar-refractivity contribution in [3.8, 4) is 10.4 Å². The number of hydrogen-bond acceptors (Lipinski definition) is 3. The van der Waals surface area contributed by atoms with Gasteiger partial charge in [-0.05, 0) is 31.9 Å². The second kappa shape index (κ2) is 5.26. The van der Waals surface area contributed by atoms with E-state index in [1.165, 1.54) is 16.9 Å². The number of aryl methyl sites for hydroxylation is 3. The number of rotatable bonds is 2. The highest BCUT2D eigenvalue weighted by atomic mass is 32.1. The van der Waals surface area contributed by atoms with Crippen LogP contribution in [0.2, 0.25) is 0 Å². The molecule has 0 aliphatic rings. The molecule has 0 saturated carbocycles. The number of carboxylic acid groups (broad SMARTS) is 1. The van der Waals surface area contributed by atoms with Crippen molar-refractivity contribution >= 4 is 17.3 Å². The van der Waals surface area contributed by atoms with Gasteiger partial charge in [0.2, 0.25) is 0 Å². The molecule has 0 amide bonds. The standard InChI is InChI=1S/C17H21NO2S/c1-9-7-10(2)12(11(3)8-9)14-13(15(19)20)18-16(21-14)17(4,5)6/h7-8H,1-6H3,(H,19,20). The molecule has 0 unspecified atom stereocenters. The highest BCUT2D eigenvalue weighted by Crippen LogP contribution is 2.39. The third kappa shape index (κ3) is 3.00. The van der Waals surface area contributed by atoms with Crippen molar-refractivity contribution in [2.75, 3.05) is 0 Å². The average molecular weight is 303 g/mol. The van der Waals surface area contributed by atoms with Crippen molar-refractivity contribution in [2.24, 2.45) is 0 Å². The van der Waals surface area contributed by atoms with E-state index < -0.39 is 5.97 Å². The summed E-state index contributed by atoms with van der Waals surface area (Å²) in [5.74, 6) is -0.962. The Kier molecular flexibility index (Phi) is 3.93. The van der Waals surface area contributed by atoms with Crippen LogP contribution < -0.4 is 0 Å². The summed E-state index contributed by atoms with van der Waals surface area (Å²) >= 11 is 1.49. The van der Waals surface area contributed by atoms with Gasteiger partial charge in [0.05, 0.1) is 9.88 Å². The molecule has 0 atom stereocenters. The monoisotopic (exact) mass is 303 g/mol. The minimum absolute atomic E-state index is 0.153. The van der Waals surface area contributed by atoms with E-state index in [1.54, 1.807) is 0 Å². The molecule has 1 N–H and O–H groups in total. The fourth-order valence-corrected chi connectivity index (χ4v) is 3.78. The molecule has 1 heterocycles. The van der Waals surface area contributed by atoms with Crippen molar-refractivity contribution in [3.63, 3.8) is 0 Å². The summed E-state index contributed by atoms with van der Waals surface area (Å²) in [4.78, 5) is 16.7. The number of hydrogen-bond donors (Lipinski definition) is 1. The summed E-state index contributed by atoms with van der Waals surface area (Å²) in [5.41, 5.74) is 4.40. The largest absolute Gasteiger partial charge is 0.476 e. The lowest BCUT2D eigenvalue weighted by Crippen LogP contribution is -2.11. The van der Waals surface area contributed by atoms with Gasteiger partial charge < -0.3 is 5.11 Å². The SMILES string of the molecule is Cc1cc(C)c(-c2sc(C(C)(C)C)nc2C(=O)O)c(C)c1. The van der Waals surface area contributed by atoms with E-state index in [0.717, 1.165) is 26.6 Å². The topological polar surface area (TPSA) is 50.2 Å². The van der Waals surface area contributed by atoms with Gasteiger partial charge in [-0.15, -0.1) is 11.3 Å². The maximum absolute atomic E-state index is 11.6. The first kappa shape index (κ1) is 15.7. The first-order chi connectivity index (χ1) is 9.61. The summed E-state index contributed by atoms with van der Waals surface area (Å²) < 4.78 is 0. The highest BCUT2D eigenvalue weighted by Gasteiger charge is 2.26. The highest BCUT2D eigenvalue weighted by molar-refractivity contribution is 7.15. The van der Waals surface area contributed by atoms with Gasteiger partial charge in [0.1, 0.15) is 0 Å². The smallest absolute Gasteiger partial charge is 0.356 e. The summed E-state index contributed by atoms with van der Waals surface area (Å²) in [6.45, 7) is 12.3. The molecule has 0 fully saturated rings. The number of thiazole rings is 1. The maximum Gasteiger partial charge on any atom is 0.356 e. The van der Waals surface area contributed by atoms with Crippen molar-refractivity contribution < 1.29 is 9.90 Å². The average Bonchev–Trinajstić information content (AvgIpc) is 2.71. The van der Waals surface area contributed by atoms with Gasteiger partial charge in [0.25, 0.3) is 0 Å². The van der Waals surface area contributed by atoms with Gasteiger partial charge in [0, 0.05) is 11.0 Å². The molecule has 0 aliphatic heterocycles. The number of carboxylic acids is 1. The van der Waals surface area contributed by atoms with Crippen LogP contribution >= 0.6 is 11.3 Å². The minimum atomic E-state index is -0.962. The molecule has 0 bridgehead atoms.